The molecule has 4 N–H and O–H groups in total. The lowest BCUT2D eigenvalue weighted by Crippen LogP contribution is -2.24. The molecular formula is C28H25N7O2. The maximum atomic E-state index is 13.5. The topological polar surface area (TPSA) is 146 Å². The van der Waals surface area contributed by atoms with Gasteiger partial charge >= 0.3 is 0 Å². The summed E-state index contributed by atoms with van der Waals surface area (Å²) < 4.78 is 6.96. The molecule has 0 saturated heterocycles. The summed E-state index contributed by atoms with van der Waals surface area (Å²) in [6, 6.07) is 25.0. The molecule has 2 heterocycles. The number of nitrogens with zero attached hydrogens (tertiary/aromatic N) is 5. The van der Waals surface area contributed by atoms with Crippen molar-refractivity contribution < 1.29 is 4.74 Å². The zero-order chi connectivity index (χ0) is 26.4. The fourth-order valence-corrected chi connectivity index (χ4v) is 3.86. The van der Waals surface area contributed by atoms with Gasteiger partial charge in [0.15, 0.2) is 0 Å². The molecule has 0 bridgehead atoms. The maximum Gasteiger partial charge on any atom is 0.266 e. The van der Waals surface area contributed by atoms with Crippen molar-refractivity contribution in [2.45, 2.75) is 13.3 Å². The average molecular weight is 492 g/mol. The minimum absolute atomic E-state index is 0.0468. The molecule has 184 valence electrons. The van der Waals surface area contributed by atoms with Crippen LogP contribution < -0.4 is 21.8 Å². The van der Waals surface area contributed by atoms with Crippen LogP contribution in [0.5, 0.6) is 5.75 Å². The number of benzene rings is 3. The number of methoxy groups -OCH3 is 1. The first-order valence-electron chi connectivity index (χ1n) is 11.5. The zero-order valence-corrected chi connectivity index (χ0v) is 20.4. The Hall–Kier alpha value is -5.23. The van der Waals surface area contributed by atoms with Crippen molar-refractivity contribution >= 4 is 22.7 Å². The molecule has 0 fully saturated rings. The van der Waals surface area contributed by atoms with E-state index >= 15 is 0 Å². The highest BCUT2D eigenvalue weighted by atomic mass is 16.5. The Balaban J connectivity index is 0.000000270. The number of nitrogen functional groups attached to an aromatic ring is 2. The van der Waals surface area contributed by atoms with Crippen molar-refractivity contribution in [3.63, 3.8) is 0 Å². The molecule has 2 aromatic heterocycles. The molecule has 0 amide bonds. The second-order valence-electron chi connectivity index (χ2n) is 7.92. The van der Waals surface area contributed by atoms with Gasteiger partial charge in [0.1, 0.15) is 29.0 Å². The van der Waals surface area contributed by atoms with E-state index in [9.17, 15) is 4.79 Å². The Morgan fingerprint density at radius 1 is 0.973 bits per heavy atom. The molecule has 0 radical (unpaired) electrons. The molecule has 37 heavy (non-hydrogen) atoms. The maximum absolute atomic E-state index is 13.5. The summed E-state index contributed by atoms with van der Waals surface area (Å²) in [5.41, 5.74) is 14.0. The molecule has 5 rings (SSSR count). The van der Waals surface area contributed by atoms with Crippen LogP contribution in [0.2, 0.25) is 0 Å². The number of aromatic nitrogens is 4. The number of aryl methyl sites for hydroxylation is 1. The van der Waals surface area contributed by atoms with Gasteiger partial charge in [-0.3, -0.25) is 9.36 Å². The molecule has 0 spiro atoms. The summed E-state index contributed by atoms with van der Waals surface area (Å²) in [5, 5.41) is 8.99. The molecule has 3 aromatic carbocycles. The quantitative estimate of drug-likeness (QED) is 0.381. The summed E-state index contributed by atoms with van der Waals surface area (Å²) >= 11 is 0. The number of hydrogen-bond donors (Lipinski definition) is 2. The predicted molar refractivity (Wildman–Crippen MR) is 144 cm³/mol. The molecule has 0 unspecified atom stereocenters. The summed E-state index contributed by atoms with van der Waals surface area (Å²) in [7, 11) is 1.64. The van der Waals surface area contributed by atoms with Crippen molar-refractivity contribution in [2.75, 3.05) is 18.6 Å². The first kappa shape index (κ1) is 24.9. The van der Waals surface area contributed by atoms with E-state index in [0.717, 1.165) is 33.9 Å². The van der Waals surface area contributed by atoms with Crippen molar-refractivity contribution in [1.82, 2.24) is 19.5 Å². The van der Waals surface area contributed by atoms with Crippen LogP contribution in [0.4, 0.5) is 11.8 Å². The van der Waals surface area contributed by atoms with Gasteiger partial charge in [-0.15, -0.1) is 0 Å². The largest absolute Gasteiger partial charge is 0.497 e. The lowest BCUT2D eigenvalue weighted by molar-refractivity contribution is 0.415. The van der Waals surface area contributed by atoms with Crippen LogP contribution in [-0.2, 0) is 6.42 Å². The fourth-order valence-electron chi connectivity index (χ4n) is 3.86. The van der Waals surface area contributed by atoms with Crippen LogP contribution >= 0.6 is 0 Å². The van der Waals surface area contributed by atoms with E-state index in [2.05, 4.69) is 9.97 Å². The normalized spacial score (nSPS) is 10.3. The first-order chi connectivity index (χ1) is 18.0. The average Bonchev–Trinajstić information content (AvgIpc) is 2.93. The van der Waals surface area contributed by atoms with Gasteiger partial charge in [-0.05, 0) is 41.5 Å². The standard InChI is InChI=1S/C23H20N2O2.C5H5N5/c1-3-21-24-20-11-7-10-19(16-12-14-18(27-2)15-13-16)22(20)23(26)25(21)17-8-5-4-6-9-17;6-1-3-2-9-5(8)10-4(3)7/h4-15H,3H2,1-2H3;2H,(H4,7,8,9,10). The van der Waals surface area contributed by atoms with Gasteiger partial charge in [0, 0.05) is 6.42 Å². The van der Waals surface area contributed by atoms with Crippen LogP contribution in [0, 0.1) is 11.3 Å². The number of ether oxygens (including phenoxy) is 1. The number of anilines is 2. The van der Waals surface area contributed by atoms with Crippen molar-refractivity contribution in [1.29, 1.82) is 5.26 Å². The fraction of sp³-hybridized carbons (Fsp3) is 0.107. The third-order valence-electron chi connectivity index (χ3n) is 5.66. The lowest BCUT2D eigenvalue weighted by Gasteiger charge is -2.14. The van der Waals surface area contributed by atoms with Crippen LogP contribution in [-0.4, -0.2) is 26.6 Å². The third kappa shape index (κ3) is 5.23. The molecule has 9 heteroatoms. The minimum Gasteiger partial charge on any atom is -0.497 e. The number of fused-ring (bicyclic) bond motifs is 1. The van der Waals surface area contributed by atoms with Gasteiger partial charge in [0.05, 0.1) is 29.9 Å². The summed E-state index contributed by atoms with van der Waals surface area (Å²) in [5.74, 6) is 1.74. The molecule has 0 aliphatic rings. The van der Waals surface area contributed by atoms with Crippen LogP contribution in [0.15, 0.2) is 83.8 Å². The second kappa shape index (κ2) is 11.0. The Bertz CT molecular complexity index is 1640. The highest BCUT2D eigenvalue weighted by Crippen LogP contribution is 2.28. The van der Waals surface area contributed by atoms with E-state index in [1.807, 2.05) is 85.8 Å². The number of rotatable bonds is 4. The molecular weight excluding hydrogens is 466 g/mol. The van der Waals surface area contributed by atoms with Gasteiger partial charge in [-0.1, -0.05) is 49.4 Å². The van der Waals surface area contributed by atoms with Crippen LogP contribution in [0.1, 0.15) is 18.3 Å². The zero-order valence-electron chi connectivity index (χ0n) is 20.4. The summed E-state index contributed by atoms with van der Waals surface area (Å²) in [6.45, 7) is 2.01. The van der Waals surface area contributed by atoms with E-state index in [0.29, 0.717) is 11.8 Å². The molecule has 0 saturated carbocycles. The van der Waals surface area contributed by atoms with E-state index < -0.39 is 0 Å². The number of nitriles is 1. The smallest absolute Gasteiger partial charge is 0.266 e. The Morgan fingerprint density at radius 2 is 1.70 bits per heavy atom. The highest BCUT2D eigenvalue weighted by molar-refractivity contribution is 5.94. The first-order valence-corrected chi connectivity index (χ1v) is 11.5. The molecule has 9 nitrogen and oxygen atoms in total. The van der Waals surface area contributed by atoms with Crippen molar-refractivity contribution in [3.05, 3.63) is 101 Å². The Kier molecular flexibility index (Phi) is 7.40. The van der Waals surface area contributed by atoms with Gasteiger partial charge in [0.2, 0.25) is 5.95 Å². The Morgan fingerprint density at radius 3 is 2.32 bits per heavy atom. The summed E-state index contributed by atoms with van der Waals surface area (Å²) in [6.07, 6.45) is 1.96. The number of para-hydroxylation sites is 1. The van der Waals surface area contributed by atoms with Gasteiger partial charge in [0.25, 0.3) is 5.56 Å². The van der Waals surface area contributed by atoms with E-state index in [4.69, 9.17) is 26.5 Å². The third-order valence-corrected chi connectivity index (χ3v) is 5.66. The molecule has 0 aliphatic heterocycles. The molecule has 0 aliphatic carbocycles. The van der Waals surface area contributed by atoms with Crippen LogP contribution in [0.3, 0.4) is 0 Å². The highest BCUT2D eigenvalue weighted by Gasteiger charge is 2.15. The Labute approximate surface area is 213 Å². The van der Waals surface area contributed by atoms with Crippen molar-refractivity contribution in [2.24, 2.45) is 0 Å². The minimum atomic E-state index is -0.0468. The number of hydrogen-bond acceptors (Lipinski definition) is 8. The van der Waals surface area contributed by atoms with Gasteiger partial charge < -0.3 is 16.2 Å². The SMILES string of the molecule is CCc1nc2cccc(-c3ccc(OC)cc3)c2c(=O)n1-c1ccccc1.N#Cc1cnc(N)nc1N. The molecule has 5 aromatic rings. The van der Waals surface area contributed by atoms with Gasteiger partial charge in [-0.25, -0.2) is 9.97 Å². The van der Waals surface area contributed by atoms with Crippen LogP contribution in [0.25, 0.3) is 27.7 Å². The number of nitrogens with two attached hydrogens (primary N) is 2. The van der Waals surface area contributed by atoms with Crippen molar-refractivity contribution in [3.8, 4) is 28.6 Å². The second-order valence-corrected chi connectivity index (χ2v) is 7.92. The van der Waals surface area contributed by atoms with E-state index in [1.165, 1.54) is 6.20 Å². The monoisotopic (exact) mass is 491 g/mol. The molecule has 0 atom stereocenters. The lowest BCUT2D eigenvalue weighted by atomic mass is 10.0. The van der Waals surface area contributed by atoms with E-state index in [1.54, 1.807) is 11.7 Å². The summed E-state index contributed by atoms with van der Waals surface area (Å²) in [4.78, 5) is 25.5. The van der Waals surface area contributed by atoms with Gasteiger partial charge in [-0.2, -0.15) is 10.2 Å². The van der Waals surface area contributed by atoms with E-state index in [-0.39, 0.29) is 22.9 Å². The predicted octanol–water partition coefficient (Wildman–Crippen LogP) is 4.14.